The molecular weight excluding hydrogens is 624 g/mol. The van der Waals surface area contributed by atoms with Gasteiger partial charge in [0.25, 0.3) is 0 Å². The van der Waals surface area contributed by atoms with Crippen LogP contribution in [0.4, 0.5) is 0 Å². The van der Waals surface area contributed by atoms with Gasteiger partial charge in [-0.05, 0) is 47.2 Å². The third kappa shape index (κ3) is 17.0. The second-order valence-electron chi connectivity index (χ2n) is 10.3. The van der Waals surface area contributed by atoms with Crippen molar-refractivity contribution in [2.24, 2.45) is 0 Å². The predicted octanol–water partition coefficient (Wildman–Crippen LogP) is 3.07. The summed E-state index contributed by atoms with van der Waals surface area (Å²) in [6.45, 7) is 7.78. The lowest BCUT2D eigenvalue weighted by atomic mass is 10.2. The first-order valence-corrected chi connectivity index (χ1v) is 16.2. The van der Waals surface area contributed by atoms with Crippen LogP contribution in [0.5, 0.6) is 23.0 Å². The molecule has 0 aromatic heterocycles. The Morgan fingerprint density at radius 2 is 0.583 bits per heavy atom. The molecule has 0 unspecified atom stereocenters. The smallest absolute Gasteiger partial charge is 0.123 e. The molecule has 0 spiro atoms. The molecule has 0 saturated heterocycles. The molecule has 2 aliphatic heterocycles. The maximum absolute atomic E-state index is 5.94. The van der Waals surface area contributed by atoms with E-state index in [1.165, 1.54) is 0 Å². The number of fused-ring (bicyclic) bond motifs is 11. The lowest BCUT2D eigenvalue weighted by Crippen LogP contribution is -2.15. The Balaban J connectivity index is 1.43. The van der Waals surface area contributed by atoms with Crippen LogP contribution in [0.25, 0.3) is 0 Å². The van der Waals surface area contributed by atoms with E-state index in [4.69, 9.17) is 56.8 Å². The van der Waals surface area contributed by atoms with E-state index in [0.717, 1.165) is 11.1 Å². The minimum atomic E-state index is 0.217. The number of ether oxygens (including phenoxy) is 12. The zero-order valence-electron chi connectivity index (χ0n) is 27.5. The van der Waals surface area contributed by atoms with E-state index in [1.807, 2.05) is 36.4 Å². The van der Waals surface area contributed by atoms with Gasteiger partial charge in [0, 0.05) is 12.1 Å². The Morgan fingerprint density at radius 1 is 0.312 bits per heavy atom. The van der Waals surface area contributed by atoms with Crippen LogP contribution in [-0.4, -0.2) is 119 Å². The summed E-state index contributed by atoms with van der Waals surface area (Å²) in [4.78, 5) is 0. The first-order valence-electron chi connectivity index (χ1n) is 16.2. The van der Waals surface area contributed by atoms with E-state index in [0.29, 0.717) is 142 Å². The van der Waals surface area contributed by atoms with E-state index in [-0.39, 0.29) is 13.2 Å². The van der Waals surface area contributed by atoms with E-state index in [1.54, 1.807) is 0 Å². The van der Waals surface area contributed by atoms with Crippen LogP contribution in [0.3, 0.4) is 0 Å². The topological polar surface area (TPSA) is 111 Å². The minimum absolute atomic E-state index is 0.217. The molecule has 2 aromatic rings. The molecule has 2 heterocycles. The van der Waals surface area contributed by atoms with Gasteiger partial charge < -0.3 is 56.8 Å². The summed E-state index contributed by atoms with van der Waals surface area (Å²) in [6.07, 6.45) is 0. The normalized spacial score (nSPS) is 19.2. The number of benzene rings is 2. The molecule has 262 valence electrons. The maximum Gasteiger partial charge on any atom is 0.123 e. The van der Waals surface area contributed by atoms with Gasteiger partial charge in [0.15, 0.2) is 0 Å². The van der Waals surface area contributed by atoms with Crippen LogP contribution in [0.15, 0.2) is 36.4 Å². The molecule has 0 fully saturated rings. The average Bonchev–Trinajstić information content (AvgIpc) is 3.09. The maximum atomic E-state index is 5.94. The predicted molar refractivity (Wildman–Crippen MR) is 175 cm³/mol. The quantitative estimate of drug-likeness (QED) is 0.385. The average molecular weight is 671 g/mol. The molecule has 0 atom stereocenters. The summed E-state index contributed by atoms with van der Waals surface area (Å²) >= 11 is 0. The summed E-state index contributed by atoms with van der Waals surface area (Å²) in [5.74, 6) is 14.0. The monoisotopic (exact) mass is 670 g/mol. The van der Waals surface area contributed by atoms with Crippen molar-refractivity contribution in [2.45, 2.75) is 13.2 Å². The Labute approximate surface area is 283 Å². The molecular formula is C36H46O12. The summed E-state index contributed by atoms with van der Waals surface area (Å²) in [5.41, 5.74) is 1.76. The van der Waals surface area contributed by atoms with E-state index >= 15 is 0 Å². The minimum Gasteiger partial charge on any atom is -0.491 e. The molecule has 12 heteroatoms. The fourth-order valence-electron chi connectivity index (χ4n) is 4.32. The lowest BCUT2D eigenvalue weighted by molar-refractivity contribution is 0.00430. The van der Waals surface area contributed by atoms with E-state index < -0.39 is 0 Å². The zero-order valence-corrected chi connectivity index (χ0v) is 27.5. The van der Waals surface area contributed by atoms with Crippen molar-refractivity contribution < 1.29 is 56.8 Å². The lowest BCUT2D eigenvalue weighted by Gasteiger charge is -2.14. The summed E-state index contributed by atoms with van der Waals surface area (Å²) in [5, 5.41) is 0. The Bertz CT molecular complexity index is 1130. The van der Waals surface area contributed by atoms with Crippen LogP contribution < -0.4 is 18.9 Å². The molecule has 12 nitrogen and oxygen atoms in total. The Kier molecular flexibility index (Phi) is 19.1. The summed E-state index contributed by atoms with van der Waals surface area (Å²) in [7, 11) is 0. The molecule has 48 heavy (non-hydrogen) atoms. The van der Waals surface area contributed by atoms with Gasteiger partial charge in [-0.1, -0.05) is 11.8 Å². The van der Waals surface area contributed by atoms with Gasteiger partial charge in [-0.15, -0.1) is 0 Å². The van der Waals surface area contributed by atoms with Crippen molar-refractivity contribution in [1.29, 1.82) is 0 Å². The fourth-order valence-corrected chi connectivity index (χ4v) is 4.32. The van der Waals surface area contributed by atoms with Crippen molar-refractivity contribution in [1.82, 2.24) is 0 Å². The highest BCUT2D eigenvalue weighted by Gasteiger charge is 2.07. The molecule has 0 saturated carbocycles. The van der Waals surface area contributed by atoms with Gasteiger partial charge in [0.1, 0.15) is 62.6 Å². The molecule has 0 aliphatic carbocycles. The fraction of sp³-hybridized carbons (Fsp3) is 0.556. The van der Waals surface area contributed by atoms with Gasteiger partial charge in [0.05, 0.1) is 92.5 Å². The number of hydrogen-bond donors (Lipinski definition) is 0. The third-order valence-corrected chi connectivity index (χ3v) is 6.48. The van der Waals surface area contributed by atoms with Crippen molar-refractivity contribution >= 4 is 0 Å². The molecule has 0 N–H and O–H groups in total. The van der Waals surface area contributed by atoms with Crippen LogP contribution in [0.1, 0.15) is 11.1 Å². The van der Waals surface area contributed by atoms with E-state index in [9.17, 15) is 0 Å². The molecule has 0 radical (unpaired) electrons. The molecule has 6 bridgehead atoms. The van der Waals surface area contributed by atoms with Gasteiger partial charge in [-0.25, -0.2) is 0 Å². The van der Waals surface area contributed by atoms with Gasteiger partial charge in [0.2, 0.25) is 0 Å². The highest BCUT2D eigenvalue weighted by atomic mass is 16.6. The largest absolute Gasteiger partial charge is 0.491 e. The number of rotatable bonds is 0. The van der Waals surface area contributed by atoms with Gasteiger partial charge in [-0.3, -0.25) is 0 Å². The standard InChI is InChI=1S/C36H46O12/c1-2-4-6-44-30-32-25-35-28-36(26-32)48-22-18-42-14-10-38-8-12-40-16-20-46-34-24-31(29-43-5-3-1)23-33(27-34)45-19-15-39-11-7-37-9-13-41-17-21-47-35/h23-28H,5-22,29-30H2. The molecule has 2 aliphatic rings. The van der Waals surface area contributed by atoms with Gasteiger partial charge in [-0.2, -0.15) is 0 Å². The summed E-state index contributed by atoms with van der Waals surface area (Å²) in [6, 6.07) is 11.3. The van der Waals surface area contributed by atoms with Crippen LogP contribution in [0.2, 0.25) is 0 Å². The Hall–Kier alpha value is -3.56. The molecule has 2 aromatic carbocycles. The Morgan fingerprint density at radius 3 is 0.875 bits per heavy atom. The van der Waals surface area contributed by atoms with Crippen molar-refractivity contribution in [3.8, 4) is 46.7 Å². The second-order valence-corrected chi connectivity index (χ2v) is 10.3. The van der Waals surface area contributed by atoms with Crippen molar-refractivity contribution in [2.75, 3.05) is 119 Å². The molecule has 4 rings (SSSR count). The van der Waals surface area contributed by atoms with E-state index in [2.05, 4.69) is 23.7 Å². The number of hydrogen-bond acceptors (Lipinski definition) is 12. The van der Waals surface area contributed by atoms with Crippen LogP contribution >= 0.6 is 0 Å². The van der Waals surface area contributed by atoms with Crippen molar-refractivity contribution in [3.63, 3.8) is 0 Å². The third-order valence-electron chi connectivity index (χ3n) is 6.48. The van der Waals surface area contributed by atoms with Crippen molar-refractivity contribution in [3.05, 3.63) is 47.5 Å². The van der Waals surface area contributed by atoms with Crippen LogP contribution in [0, 0.1) is 23.7 Å². The van der Waals surface area contributed by atoms with Gasteiger partial charge >= 0.3 is 0 Å². The SMILES string of the molecule is C1#CCOCc2cc3cc(c2)OCCOCCOCCOCCOc2cc(cc(c2)OCCOCCOCCOCCO3)COCC#C1. The molecule has 0 amide bonds. The highest BCUT2D eigenvalue weighted by molar-refractivity contribution is 5.39. The summed E-state index contributed by atoms with van der Waals surface area (Å²) < 4.78 is 69.1. The van der Waals surface area contributed by atoms with Crippen LogP contribution in [-0.2, 0) is 51.1 Å². The first kappa shape index (κ1) is 37.3. The highest BCUT2D eigenvalue weighted by Crippen LogP contribution is 2.25. The zero-order chi connectivity index (χ0) is 33.2. The first-order chi connectivity index (χ1) is 23.8. The second kappa shape index (κ2) is 24.6.